The fraction of sp³-hybridized carbons (Fsp3) is 0.545. The number of nitrogen functional groups attached to an aromatic ring is 1. The van der Waals surface area contributed by atoms with Crippen molar-refractivity contribution in [2.45, 2.75) is 6.42 Å². The number of nitrogens with one attached hydrogen (secondary N) is 1. The second kappa shape index (κ2) is 6.31. The van der Waals surface area contributed by atoms with Crippen LogP contribution >= 0.6 is 0 Å². The van der Waals surface area contributed by atoms with Gasteiger partial charge in [-0.15, -0.1) is 0 Å². The first-order chi connectivity index (χ1) is 10.3. The zero-order chi connectivity index (χ0) is 14.5. The van der Waals surface area contributed by atoms with E-state index in [1.807, 2.05) is 4.90 Å². The predicted molar refractivity (Wildman–Crippen MR) is 73.8 cm³/mol. The number of ether oxygens (including phenoxy) is 1. The van der Waals surface area contributed by atoms with E-state index >= 15 is 0 Å². The van der Waals surface area contributed by atoms with Crippen molar-refractivity contribution in [3.05, 3.63) is 12.2 Å². The second-order valence-corrected chi connectivity index (χ2v) is 4.44. The van der Waals surface area contributed by atoms with Crippen molar-refractivity contribution in [2.24, 2.45) is 0 Å². The molecular weight excluding hydrogens is 276 g/mol. The van der Waals surface area contributed by atoms with Crippen LogP contribution in [0.3, 0.4) is 0 Å². The number of morpholine rings is 1. The van der Waals surface area contributed by atoms with E-state index in [-0.39, 0.29) is 5.95 Å². The van der Waals surface area contributed by atoms with Gasteiger partial charge in [-0.25, -0.2) is 0 Å². The SMILES string of the molecule is Nc1nc(NCCc2ncon2)nc(N2CCOCC2)n1. The van der Waals surface area contributed by atoms with Gasteiger partial charge in [0.25, 0.3) is 0 Å². The molecule has 10 heteroatoms. The Morgan fingerprint density at radius 2 is 2.10 bits per heavy atom. The highest BCUT2D eigenvalue weighted by Crippen LogP contribution is 2.13. The molecule has 0 aromatic carbocycles. The van der Waals surface area contributed by atoms with Crippen molar-refractivity contribution in [3.8, 4) is 0 Å². The number of hydrogen-bond donors (Lipinski definition) is 2. The van der Waals surface area contributed by atoms with Gasteiger partial charge in [0.1, 0.15) is 0 Å². The van der Waals surface area contributed by atoms with Gasteiger partial charge in [0.2, 0.25) is 24.2 Å². The Morgan fingerprint density at radius 1 is 1.24 bits per heavy atom. The molecule has 0 unspecified atom stereocenters. The van der Waals surface area contributed by atoms with Crippen LogP contribution in [0.1, 0.15) is 5.82 Å². The van der Waals surface area contributed by atoms with Crippen LogP contribution in [0.25, 0.3) is 0 Å². The normalized spacial score (nSPS) is 15.1. The predicted octanol–water partition coefficient (Wildman–Crippen LogP) is -0.672. The molecule has 0 saturated carbocycles. The Kier molecular flexibility index (Phi) is 4.05. The molecule has 1 fully saturated rings. The zero-order valence-electron chi connectivity index (χ0n) is 11.4. The van der Waals surface area contributed by atoms with Gasteiger partial charge in [-0.05, 0) is 0 Å². The van der Waals surface area contributed by atoms with Crippen molar-refractivity contribution >= 4 is 17.8 Å². The first kappa shape index (κ1) is 13.5. The van der Waals surface area contributed by atoms with Gasteiger partial charge in [0.05, 0.1) is 13.2 Å². The smallest absolute Gasteiger partial charge is 0.232 e. The van der Waals surface area contributed by atoms with Crippen molar-refractivity contribution in [1.29, 1.82) is 0 Å². The molecule has 0 bridgehead atoms. The van der Waals surface area contributed by atoms with E-state index in [9.17, 15) is 0 Å². The van der Waals surface area contributed by atoms with Gasteiger partial charge < -0.3 is 25.2 Å². The highest BCUT2D eigenvalue weighted by molar-refractivity contribution is 5.42. The minimum absolute atomic E-state index is 0.188. The second-order valence-electron chi connectivity index (χ2n) is 4.44. The Labute approximate surface area is 120 Å². The molecule has 0 atom stereocenters. The van der Waals surface area contributed by atoms with Gasteiger partial charge in [-0.1, -0.05) is 5.16 Å². The summed E-state index contributed by atoms with van der Waals surface area (Å²) in [7, 11) is 0. The average molecular weight is 292 g/mol. The summed E-state index contributed by atoms with van der Waals surface area (Å²) in [5.74, 6) is 1.81. The van der Waals surface area contributed by atoms with Crippen LogP contribution < -0.4 is 16.0 Å². The lowest BCUT2D eigenvalue weighted by atomic mass is 10.4. The summed E-state index contributed by atoms with van der Waals surface area (Å²) < 4.78 is 9.97. The van der Waals surface area contributed by atoms with Gasteiger partial charge in [-0.2, -0.15) is 19.9 Å². The van der Waals surface area contributed by atoms with E-state index in [0.29, 0.717) is 43.9 Å². The summed E-state index contributed by atoms with van der Waals surface area (Å²) in [6.45, 7) is 3.38. The molecule has 0 spiro atoms. The summed E-state index contributed by atoms with van der Waals surface area (Å²) in [5.41, 5.74) is 5.73. The molecule has 0 amide bonds. The maximum Gasteiger partial charge on any atom is 0.232 e. The molecule has 0 aliphatic carbocycles. The third-order valence-electron chi connectivity index (χ3n) is 2.97. The monoisotopic (exact) mass is 292 g/mol. The van der Waals surface area contributed by atoms with Crippen LogP contribution in [0.4, 0.5) is 17.8 Å². The molecule has 21 heavy (non-hydrogen) atoms. The lowest BCUT2D eigenvalue weighted by Crippen LogP contribution is -2.37. The van der Waals surface area contributed by atoms with Crippen LogP contribution in [-0.2, 0) is 11.2 Å². The van der Waals surface area contributed by atoms with E-state index in [1.165, 1.54) is 6.39 Å². The Morgan fingerprint density at radius 3 is 2.86 bits per heavy atom. The number of aromatic nitrogens is 5. The van der Waals surface area contributed by atoms with Crippen LogP contribution in [-0.4, -0.2) is 57.9 Å². The summed E-state index contributed by atoms with van der Waals surface area (Å²) in [6, 6.07) is 0. The van der Waals surface area contributed by atoms with Crippen LogP contribution in [0.15, 0.2) is 10.9 Å². The largest absolute Gasteiger partial charge is 0.378 e. The molecule has 3 N–H and O–H groups in total. The number of rotatable bonds is 5. The summed E-state index contributed by atoms with van der Waals surface area (Å²) in [4.78, 5) is 18.6. The molecule has 3 rings (SSSR count). The van der Waals surface area contributed by atoms with E-state index < -0.39 is 0 Å². The number of anilines is 3. The standard InChI is InChI=1S/C11H16N8O2/c12-9-15-10(13-2-1-8-14-7-21-18-8)17-11(16-9)19-3-5-20-6-4-19/h7H,1-6H2,(H3,12,13,15,16,17). The number of hydrogen-bond acceptors (Lipinski definition) is 10. The lowest BCUT2D eigenvalue weighted by molar-refractivity contribution is 0.122. The quantitative estimate of drug-likeness (QED) is 0.731. The molecule has 2 aromatic rings. The highest BCUT2D eigenvalue weighted by atomic mass is 16.5. The molecular formula is C11H16N8O2. The average Bonchev–Trinajstić information content (AvgIpc) is 3.01. The minimum atomic E-state index is 0.188. The summed E-state index contributed by atoms with van der Waals surface area (Å²) in [5, 5.41) is 6.81. The maximum absolute atomic E-state index is 5.73. The van der Waals surface area contributed by atoms with Gasteiger partial charge in [-0.3, -0.25) is 0 Å². The number of nitrogens with two attached hydrogens (primary N) is 1. The number of nitrogens with zero attached hydrogens (tertiary/aromatic N) is 6. The fourth-order valence-electron chi connectivity index (χ4n) is 1.95. The first-order valence-corrected chi connectivity index (χ1v) is 6.64. The van der Waals surface area contributed by atoms with Crippen molar-refractivity contribution in [1.82, 2.24) is 25.1 Å². The van der Waals surface area contributed by atoms with Crippen LogP contribution in [0, 0.1) is 0 Å². The van der Waals surface area contributed by atoms with Gasteiger partial charge in [0.15, 0.2) is 5.82 Å². The van der Waals surface area contributed by atoms with Crippen molar-refractivity contribution in [3.63, 3.8) is 0 Å². The van der Waals surface area contributed by atoms with Crippen LogP contribution in [0.5, 0.6) is 0 Å². The molecule has 1 aliphatic rings. The topological polar surface area (TPSA) is 128 Å². The molecule has 1 saturated heterocycles. The Bertz CT molecular complexity index is 570. The van der Waals surface area contributed by atoms with E-state index in [0.717, 1.165) is 13.1 Å². The summed E-state index contributed by atoms with van der Waals surface area (Å²) in [6.07, 6.45) is 1.90. The third kappa shape index (κ3) is 3.54. The van der Waals surface area contributed by atoms with Crippen molar-refractivity contribution in [2.75, 3.05) is 48.8 Å². The molecule has 1 aliphatic heterocycles. The third-order valence-corrected chi connectivity index (χ3v) is 2.97. The van der Waals surface area contributed by atoms with Gasteiger partial charge in [0, 0.05) is 26.1 Å². The molecule has 112 valence electrons. The van der Waals surface area contributed by atoms with E-state index in [1.54, 1.807) is 0 Å². The molecule has 3 heterocycles. The molecule has 0 radical (unpaired) electrons. The molecule has 2 aromatic heterocycles. The Hall–Kier alpha value is -2.49. The van der Waals surface area contributed by atoms with Gasteiger partial charge >= 0.3 is 0 Å². The van der Waals surface area contributed by atoms with E-state index in [2.05, 4.69) is 34.9 Å². The molecule has 10 nitrogen and oxygen atoms in total. The lowest BCUT2D eigenvalue weighted by Gasteiger charge is -2.26. The Balaban J connectivity index is 1.63. The maximum atomic E-state index is 5.73. The first-order valence-electron chi connectivity index (χ1n) is 6.64. The summed E-state index contributed by atoms with van der Waals surface area (Å²) >= 11 is 0. The highest BCUT2D eigenvalue weighted by Gasteiger charge is 2.15. The van der Waals surface area contributed by atoms with Crippen molar-refractivity contribution < 1.29 is 9.26 Å². The minimum Gasteiger partial charge on any atom is -0.378 e. The van der Waals surface area contributed by atoms with Crippen LogP contribution in [0.2, 0.25) is 0 Å². The fourth-order valence-corrected chi connectivity index (χ4v) is 1.95. The zero-order valence-corrected chi connectivity index (χ0v) is 11.4. The van der Waals surface area contributed by atoms with E-state index in [4.69, 9.17) is 10.5 Å².